The predicted molar refractivity (Wildman–Crippen MR) is 107 cm³/mol. The zero-order chi connectivity index (χ0) is 22.4. The molecule has 3 N–H and O–H groups in total. The molecule has 31 heavy (non-hydrogen) atoms. The summed E-state index contributed by atoms with van der Waals surface area (Å²) in [6, 6.07) is 7.66. The molecule has 0 atom stereocenters. The third-order valence-corrected chi connectivity index (χ3v) is 7.09. The average Bonchev–Trinajstić information content (AvgIpc) is 3.37. The second-order valence-corrected chi connectivity index (χ2v) is 9.68. The smallest absolute Gasteiger partial charge is 0.357 e. The molecule has 166 valence electrons. The molecule has 2 amide bonds. The normalized spacial score (nSPS) is 18.4. The number of hydrogen-bond donors (Lipinski definition) is 2. The van der Waals surface area contributed by atoms with Crippen LogP contribution in [-0.4, -0.2) is 48.6 Å². The van der Waals surface area contributed by atoms with Crippen LogP contribution in [0.15, 0.2) is 47.5 Å². The number of hydrogen-bond acceptors (Lipinski definition) is 6. The van der Waals surface area contributed by atoms with E-state index in [9.17, 15) is 26.4 Å². The number of aromatic nitrogens is 1. The number of sulfone groups is 1. The lowest BCUT2D eigenvalue weighted by Crippen LogP contribution is -2.32. The van der Waals surface area contributed by atoms with Crippen molar-refractivity contribution >= 4 is 27.4 Å². The van der Waals surface area contributed by atoms with Gasteiger partial charge < -0.3 is 10.6 Å². The van der Waals surface area contributed by atoms with Crippen molar-refractivity contribution in [3.05, 3.63) is 48.2 Å². The molecule has 1 aliphatic heterocycles. The molecule has 0 radical (unpaired) electrons. The molecule has 1 aliphatic carbocycles. The summed E-state index contributed by atoms with van der Waals surface area (Å²) in [7, 11) is -5.37. The highest BCUT2D eigenvalue weighted by Gasteiger charge is 2.53. The quantitative estimate of drug-likeness (QED) is 0.718. The Morgan fingerprint density at radius 3 is 2.45 bits per heavy atom. The van der Waals surface area contributed by atoms with E-state index >= 15 is 0 Å². The van der Waals surface area contributed by atoms with E-state index in [0.29, 0.717) is 31.3 Å². The summed E-state index contributed by atoms with van der Waals surface area (Å²) in [5.41, 5.74) is 1.35. The lowest BCUT2D eigenvalue weighted by atomic mass is 10.2. The third kappa shape index (κ3) is 4.17. The maximum Gasteiger partial charge on any atom is 0.501 e. The van der Waals surface area contributed by atoms with Crippen LogP contribution in [0.3, 0.4) is 0 Å². The van der Waals surface area contributed by atoms with Crippen LogP contribution < -0.4 is 16.0 Å². The zero-order valence-electron chi connectivity index (χ0n) is 16.3. The van der Waals surface area contributed by atoms with Gasteiger partial charge in [0.25, 0.3) is 9.84 Å². The van der Waals surface area contributed by atoms with Gasteiger partial charge in [-0.1, -0.05) is 0 Å². The number of carbonyl (C=O) groups is 1. The number of primary amides is 1. The Morgan fingerprint density at radius 2 is 1.87 bits per heavy atom. The molecule has 1 aromatic heterocycles. The second-order valence-electron chi connectivity index (χ2n) is 7.74. The van der Waals surface area contributed by atoms with E-state index in [1.165, 1.54) is 12.1 Å². The van der Waals surface area contributed by atoms with Crippen LogP contribution in [0.25, 0.3) is 0 Å². The first-order valence-electron chi connectivity index (χ1n) is 9.43. The monoisotopic (exact) mass is 455 g/mol. The van der Waals surface area contributed by atoms with Crippen molar-refractivity contribution in [3.63, 3.8) is 0 Å². The van der Waals surface area contributed by atoms with Crippen LogP contribution >= 0.6 is 0 Å². The van der Waals surface area contributed by atoms with E-state index in [0.717, 1.165) is 30.5 Å². The van der Waals surface area contributed by atoms with Crippen LogP contribution in [0.5, 0.6) is 0 Å². The van der Waals surface area contributed by atoms with Gasteiger partial charge in [-0.05, 0) is 54.8 Å². The molecule has 0 bridgehead atoms. The van der Waals surface area contributed by atoms with Crippen LogP contribution in [0, 0.1) is 0 Å². The Bertz CT molecular complexity index is 1100. The molecule has 1 saturated carbocycles. The Balaban J connectivity index is 1.49. The minimum atomic E-state index is -5.37. The van der Waals surface area contributed by atoms with Gasteiger partial charge in [0, 0.05) is 30.5 Å². The number of nitrogens with one attached hydrogen (secondary N) is 1. The summed E-state index contributed by atoms with van der Waals surface area (Å²) in [4.78, 5) is 18.6. The van der Waals surface area contributed by atoms with Crippen LogP contribution in [0.1, 0.15) is 18.4 Å². The molecule has 2 fully saturated rings. The van der Waals surface area contributed by atoms with Gasteiger partial charge >= 0.3 is 11.5 Å². The fourth-order valence-corrected chi connectivity index (χ4v) is 4.59. The zero-order valence-corrected chi connectivity index (χ0v) is 17.1. The number of halogens is 3. The van der Waals surface area contributed by atoms with Gasteiger partial charge in [0.2, 0.25) is 0 Å². The summed E-state index contributed by atoms with van der Waals surface area (Å²) in [6.07, 6.45) is 3.55. The van der Waals surface area contributed by atoms with Crippen molar-refractivity contribution in [3.8, 4) is 0 Å². The van der Waals surface area contributed by atoms with Crippen LogP contribution in [0.4, 0.5) is 29.5 Å². The summed E-state index contributed by atoms with van der Waals surface area (Å²) < 4.78 is 61.4. The molecule has 2 aromatic rings. The predicted octanol–water partition coefficient (Wildman–Crippen LogP) is 2.68. The summed E-state index contributed by atoms with van der Waals surface area (Å²) in [5.74, 6) is 0.354. The minimum Gasteiger partial charge on any atom is -0.357 e. The summed E-state index contributed by atoms with van der Waals surface area (Å²) in [5, 5.41) is 2.44. The number of benzene rings is 1. The van der Waals surface area contributed by atoms with E-state index in [1.54, 1.807) is 12.3 Å². The number of nitrogens with zero attached hydrogens (tertiary/aromatic N) is 3. The van der Waals surface area contributed by atoms with Gasteiger partial charge in [-0.15, -0.1) is 0 Å². The molecule has 12 heteroatoms. The molecular formula is C19H20F3N5O3S. The van der Waals surface area contributed by atoms with E-state index in [-0.39, 0.29) is 5.54 Å². The van der Waals surface area contributed by atoms with Gasteiger partial charge in [-0.2, -0.15) is 13.2 Å². The number of amides is 2. The SMILES string of the molecule is NC(=O)Nc1cc(CN2CN(c3ccc(S(=O)(=O)C(F)(F)F)cc3)CC23CC3)ccn1. The van der Waals surface area contributed by atoms with Crippen molar-refractivity contribution in [1.82, 2.24) is 9.88 Å². The number of pyridine rings is 1. The number of nitrogens with two attached hydrogens (primary N) is 1. The maximum absolute atomic E-state index is 12.7. The van der Waals surface area contributed by atoms with Gasteiger partial charge in [0.05, 0.1) is 11.6 Å². The fraction of sp³-hybridized carbons (Fsp3) is 0.368. The van der Waals surface area contributed by atoms with Crippen molar-refractivity contribution in [2.75, 3.05) is 23.4 Å². The number of carbonyl (C=O) groups excluding carboxylic acids is 1. The number of urea groups is 1. The Hall–Kier alpha value is -2.86. The highest BCUT2D eigenvalue weighted by atomic mass is 32.2. The van der Waals surface area contributed by atoms with Crippen LogP contribution in [0.2, 0.25) is 0 Å². The summed E-state index contributed by atoms with van der Waals surface area (Å²) >= 11 is 0. The highest BCUT2D eigenvalue weighted by molar-refractivity contribution is 7.92. The van der Waals surface area contributed by atoms with Gasteiger partial charge in [-0.3, -0.25) is 10.2 Å². The highest BCUT2D eigenvalue weighted by Crippen LogP contribution is 2.48. The van der Waals surface area contributed by atoms with Crippen molar-refractivity contribution in [1.29, 1.82) is 0 Å². The van der Waals surface area contributed by atoms with Crippen LogP contribution in [-0.2, 0) is 16.4 Å². The summed E-state index contributed by atoms with van der Waals surface area (Å²) in [6.45, 7) is 1.81. The standard InChI is InChI=1S/C19H20F3N5O3S/c20-19(21,22)31(29,30)15-3-1-14(2-4-15)26-11-18(6-7-18)27(12-26)10-13-5-8-24-16(9-13)25-17(23)28/h1-5,8-9H,6-7,10-12H2,(H3,23,24,25,28). The molecule has 2 heterocycles. The first-order valence-corrected chi connectivity index (χ1v) is 10.9. The van der Waals surface area contributed by atoms with E-state index < -0.39 is 26.3 Å². The van der Waals surface area contributed by atoms with Crippen molar-refractivity contribution in [2.45, 2.75) is 35.3 Å². The molecule has 2 aliphatic rings. The molecule has 0 unspecified atom stereocenters. The topological polar surface area (TPSA) is 109 Å². The first-order chi connectivity index (χ1) is 14.5. The molecular weight excluding hydrogens is 435 g/mol. The third-order valence-electron chi connectivity index (χ3n) is 5.59. The molecule has 1 aromatic carbocycles. The molecule has 1 saturated heterocycles. The van der Waals surface area contributed by atoms with Gasteiger partial charge in [0.1, 0.15) is 5.82 Å². The molecule has 1 spiro atoms. The average molecular weight is 455 g/mol. The number of alkyl halides is 3. The van der Waals surface area contributed by atoms with Crippen molar-refractivity contribution in [2.24, 2.45) is 5.73 Å². The van der Waals surface area contributed by atoms with Gasteiger partial charge in [0.15, 0.2) is 0 Å². The first kappa shape index (κ1) is 21.4. The number of anilines is 2. The Morgan fingerprint density at radius 1 is 1.19 bits per heavy atom. The Labute approximate surface area is 176 Å². The lowest BCUT2D eigenvalue weighted by Gasteiger charge is -2.23. The van der Waals surface area contributed by atoms with E-state index in [4.69, 9.17) is 5.73 Å². The molecule has 8 nitrogen and oxygen atoms in total. The van der Waals surface area contributed by atoms with Crippen molar-refractivity contribution < 1.29 is 26.4 Å². The van der Waals surface area contributed by atoms with E-state index in [2.05, 4.69) is 15.2 Å². The Kier molecular flexibility index (Phi) is 5.09. The molecule has 4 rings (SSSR count). The number of rotatable bonds is 5. The largest absolute Gasteiger partial charge is 0.501 e. The fourth-order valence-electron chi connectivity index (χ4n) is 3.83. The lowest BCUT2D eigenvalue weighted by molar-refractivity contribution is -0.0436. The van der Waals surface area contributed by atoms with Gasteiger partial charge in [-0.25, -0.2) is 18.2 Å². The maximum atomic E-state index is 12.7. The minimum absolute atomic E-state index is 0.0305. The second kappa shape index (κ2) is 7.38. The van der Waals surface area contributed by atoms with E-state index in [1.807, 2.05) is 11.0 Å².